The van der Waals surface area contributed by atoms with Crippen LogP contribution in [0, 0.1) is 5.82 Å². The number of aromatic nitrogens is 1. The molecule has 130 valence electrons. The van der Waals surface area contributed by atoms with Gasteiger partial charge in [-0.15, -0.1) is 0 Å². The molecule has 1 saturated heterocycles. The van der Waals surface area contributed by atoms with Crippen LogP contribution in [0.25, 0.3) is 0 Å². The van der Waals surface area contributed by atoms with Gasteiger partial charge < -0.3 is 15.1 Å². The van der Waals surface area contributed by atoms with Gasteiger partial charge in [-0.2, -0.15) is 0 Å². The Morgan fingerprint density at radius 1 is 1.12 bits per heavy atom. The predicted molar refractivity (Wildman–Crippen MR) is 92.8 cm³/mol. The van der Waals surface area contributed by atoms with Gasteiger partial charge in [-0.05, 0) is 29.8 Å². The lowest BCUT2D eigenvalue weighted by Gasteiger charge is -2.33. The molecule has 1 aromatic carbocycles. The zero-order valence-electron chi connectivity index (χ0n) is 13.7. The van der Waals surface area contributed by atoms with E-state index < -0.39 is 0 Å². The van der Waals surface area contributed by atoms with E-state index in [9.17, 15) is 14.0 Å². The van der Waals surface area contributed by atoms with Gasteiger partial charge in [0.15, 0.2) is 0 Å². The van der Waals surface area contributed by atoms with Crippen molar-refractivity contribution in [2.75, 3.05) is 36.4 Å². The monoisotopic (exact) mass is 342 g/mol. The minimum Gasteiger partial charge on any atom is -0.353 e. The molecule has 0 spiro atoms. The number of pyridine rings is 1. The Hall–Kier alpha value is -2.96. The Labute approximate surface area is 145 Å². The summed E-state index contributed by atoms with van der Waals surface area (Å²) in [5.74, 6) is 0.320. The number of benzene rings is 1. The van der Waals surface area contributed by atoms with Crippen LogP contribution in [-0.4, -0.2) is 48.4 Å². The average molecular weight is 342 g/mol. The highest BCUT2D eigenvalue weighted by atomic mass is 19.1. The normalized spacial score (nSPS) is 14.3. The largest absolute Gasteiger partial charge is 0.353 e. The molecule has 7 heteroatoms. The van der Waals surface area contributed by atoms with E-state index in [2.05, 4.69) is 15.2 Å². The van der Waals surface area contributed by atoms with Gasteiger partial charge in [-0.1, -0.05) is 12.1 Å². The number of nitrogens with one attached hydrogen (secondary N) is 1. The van der Waals surface area contributed by atoms with Gasteiger partial charge >= 0.3 is 0 Å². The molecule has 1 aliphatic rings. The fourth-order valence-corrected chi connectivity index (χ4v) is 2.70. The summed E-state index contributed by atoms with van der Waals surface area (Å²) in [5, 5.41) is 2.78. The quantitative estimate of drug-likeness (QED) is 0.840. The molecule has 0 atom stereocenters. The average Bonchev–Trinajstić information content (AvgIpc) is 2.64. The summed E-state index contributed by atoms with van der Waals surface area (Å²) in [7, 11) is 0. The number of rotatable bonds is 5. The van der Waals surface area contributed by atoms with Crippen LogP contribution in [0.3, 0.4) is 0 Å². The first-order chi connectivity index (χ1) is 12.1. The second-order valence-corrected chi connectivity index (χ2v) is 5.88. The summed E-state index contributed by atoms with van der Waals surface area (Å²) in [6.45, 7) is 2.84. The topological polar surface area (TPSA) is 65.5 Å². The van der Waals surface area contributed by atoms with Crippen LogP contribution in [0.2, 0.25) is 0 Å². The first kappa shape index (κ1) is 16.9. The van der Waals surface area contributed by atoms with Crippen molar-refractivity contribution in [2.24, 2.45) is 0 Å². The third-order valence-electron chi connectivity index (χ3n) is 4.10. The van der Waals surface area contributed by atoms with Crippen LogP contribution >= 0.6 is 0 Å². The molecule has 1 fully saturated rings. The van der Waals surface area contributed by atoms with Crippen molar-refractivity contribution < 1.29 is 14.0 Å². The summed E-state index contributed by atoms with van der Waals surface area (Å²) < 4.78 is 12.9. The first-order valence-electron chi connectivity index (χ1n) is 8.09. The highest BCUT2D eigenvalue weighted by Crippen LogP contribution is 2.16. The second kappa shape index (κ2) is 7.74. The zero-order chi connectivity index (χ0) is 17.6. The number of carbonyl (C=O) groups is 2. The lowest BCUT2D eigenvalue weighted by Crippen LogP contribution is -2.46. The number of amides is 2. The Bertz CT molecular complexity index is 726. The molecule has 1 aliphatic heterocycles. The van der Waals surface area contributed by atoms with E-state index >= 15 is 0 Å². The maximum absolute atomic E-state index is 12.9. The number of anilines is 2. The molecule has 2 amide bonds. The van der Waals surface area contributed by atoms with Crippen molar-refractivity contribution in [1.29, 1.82) is 0 Å². The van der Waals surface area contributed by atoms with E-state index in [4.69, 9.17) is 0 Å². The van der Waals surface area contributed by atoms with Crippen molar-refractivity contribution in [2.45, 2.75) is 6.42 Å². The predicted octanol–water partition coefficient (Wildman–Crippen LogP) is 1.68. The van der Waals surface area contributed by atoms with Crippen molar-refractivity contribution in [3.05, 3.63) is 54.0 Å². The van der Waals surface area contributed by atoms with Crippen LogP contribution in [0.15, 0.2) is 42.6 Å². The molecule has 1 N–H and O–H groups in total. The van der Waals surface area contributed by atoms with Crippen molar-refractivity contribution in [1.82, 2.24) is 9.88 Å². The number of piperazine rings is 1. The van der Waals surface area contributed by atoms with Crippen LogP contribution in [0.1, 0.15) is 5.56 Å². The molecule has 0 radical (unpaired) electrons. The fraction of sp³-hybridized carbons (Fsp3) is 0.278. The summed E-state index contributed by atoms with van der Waals surface area (Å²) in [5.41, 5.74) is 1.36. The lowest BCUT2D eigenvalue weighted by molar-refractivity contribution is -0.118. The van der Waals surface area contributed by atoms with E-state index in [0.717, 1.165) is 30.9 Å². The van der Waals surface area contributed by atoms with Crippen molar-refractivity contribution in [3.8, 4) is 0 Å². The number of hydrogen-bond donors (Lipinski definition) is 1. The molecular formula is C18H19FN4O2. The first-order valence-corrected chi connectivity index (χ1v) is 8.09. The molecule has 3 rings (SSSR count). The zero-order valence-corrected chi connectivity index (χ0v) is 13.7. The maximum Gasteiger partial charge on any atom is 0.228 e. The minimum absolute atomic E-state index is 0.176. The van der Waals surface area contributed by atoms with E-state index in [1.807, 2.05) is 6.07 Å². The number of hydrogen-bond acceptors (Lipinski definition) is 4. The van der Waals surface area contributed by atoms with E-state index in [1.54, 1.807) is 29.3 Å². The third kappa shape index (κ3) is 4.53. The Morgan fingerprint density at radius 3 is 2.44 bits per heavy atom. The van der Waals surface area contributed by atoms with E-state index in [0.29, 0.717) is 18.8 Å². The summed E-state index contributed by atoms with van der Waals surface area (Å²) in [6, 6.07) is 9.51. The van der Waals surface area contributed by atoms with Crippen molar-refractivity contribution >= 4 is 23.8 Å². The van der Waals surface area contributed by atoms with Crippen LogP contribution in [0.4, 0.5) is 15.9 Å². The molecule has 0 bridgehead atoms. The number of nitrogens with zero attached hydrogens (tertiary/aromatic N) is 3. The van der Waals surface area contributed by atoms with Crippen LogP contribution in [-0.2, 0) is 16.0 Å². The molecule has 0 saturated carbocycles. The molecule has 6 nitrogen and oxygen atoms in total. The van der Waals surface area contributed by atoms with E-state index in [1.165, 1.54) is 12.1 Å². The molecule has 25 heavy (non-hydrogen) atoms. The maximum atomic E-state index is 12.9. The van der Waals surface area contributed by atoms with Gasteiger partial charge in [-0.3, -0.25) is 9.59 Å². The molecule has 2 aromatic rings. The molecule has 1 aromatic heterocycles. The number of carbonyl (C=O) groups excluding carboxylic acids is 2. The number of halogens is 1. The summed E-state index contributed by atoms with van der Waals surface area (Å²) in [4.78, 5) is 31.0. The lowest BCUT2D eigenvalue weighted by atomic mass is 10.1. The van der Waals surface area contributed by atoms with Gasteiger partial charge in [0.1, 0.15) is 11.6 Å². The van der Waals surface area contributed by atoms with Crippen LogP contribution in [0.5, 0.6) is 0 Å². The molecular weight excluding hydrogens is 323 g/mol. The van der Waals surface area contributed by atoms with Gasteiger partial charge in [-0.25, -0.2) is 9.37 Å². The van der Waals surface area contributed by atoms with E-state index in [-0.39, 0.29) is 18.1 Å². The Kier molecular flexibility index (Phi) is 5.23. The second-order valence-electron chi connectivity index (χ2n) is 5.88. The highest BCUT2D eigenvalue weighted by molar-refractivity contribution is 5.92. The van der Waals surface area contributed by atoms with Crippen LogP contribution < -0.4 is 10.2 Å². The van der Waals surface area contributed by atoms with Gasteiger partial charge in [0, 0.05) is 26.2 Å². The summed E-state index contributed by atoms with van der Waals surface area (Å²) >= 11 is 0. The Morgan fingerprint density at radius 2 is 1.84 bits per heavy atom. The Balaban J connectivity index is 1.54. The SMILES string of the molecule is O=CN1CCN(c2ccc(NC(=O)Cc3ccc(F)cc3)cn2)CC1. The standard InChI is InChI=1S/C18H19FN4O2/c19-15-3-1-14(2-4-15)11-18(25)21-16-5-6-17(20-12-16)23-9-7-22(13-24)8-10-23/h1-6,12-13H,7-11H2,(H,21,25). The molecule has 2 heterocycles. The molecule has 0 unspecified atom stereocenters. The smallest absolute Gasteiger partial charge is 0.228 e. The summed E-state index contributed by atoms with van der Waals surface area (Å²) in [6.07, 6.45) is 2.66. The molecule has 0 aliphatic carbocycles. The van der Waals surface area contributed by atoms with Gasteiger partial charge in [0.2, 0.25) is 12.3 Å². The highest BCUT2D eigenvalue weighted by Gasteiger charge is 2.16. The fourth-order valence-electron chi connectivity index (χ4n) is 2.70. The van der Waals surface area contributed by atoms with Crippen molar-refractivity contribution in [3.63, 3.8) is 0 Å². The minimum atomic E-state index is -0.321. The third-order valence-corrected chi connectivity index (χ3v) is 4.10. The van der Waals surface area contributed by atoms with Gasteiger partial charge in [0.05, 0.1) is 18.3 Å². The van der Waals surface area contributed by atoms with Gasteiger partial charge in [0.25, 0.3) is 0 Å².